The van der Waals surface area contributed by atoms with Crippen LogP contribution in [0.25, 0.3) is 66.1 Å². The molecular formula is C42H27NO2. The second kappa shape index (κ2) is 10.3. The standard InChI is InChI=1S/C42H27NO2/c1-2-8-28(9-3-1)29-14-19-32(20-15-29)43(34-23-25-38-36-11-5-7-13-40(36)45-42(38)27-34)33-21-16-30(17-22-33)31-18-24-37-35-10-4-6-12-39(35)44-41(37)26-31/h1-27H. The largest absolute Gasteiger partial charge is 0.456 e. The van der Waals surface area contributed by atoms with Crippen LogP contribution in [0.4, 0.5) is 17.1 Å². The number of hydrogen-bond donors (Lipinski definition) is 0. The molecule has 0 spiro atoms. The van der Waals surface area contributed by atoms with Gasteiger partial charge in [-0.2, -0.15) is 0 Å². The summed E-state index contributed by atoms with van der Waals surface area (Å²) in [5.41, 5.74) is 11.4. The van der Waals surface area contributed by atoms with Crippen LogP contribution in [0.15, 0.2) is 173 Å². The Bertz CT molecular complexity index is 2470. The van der Waals surface area contributed by atoms with Gasteiger partial charge in [0.2, 0.25) is 0 Å². The monoisotopic (exact) mass is 577 g/mol. The first kappa shape index (κ1) is 25.4. The van der Waals surface area contributed by atoms with Gasteiger partial charge in [-0.05, 0) is 82.9 Å². The molecule has 0 saturated carbocycles. The number of furan rings is 2. The van der Waals surface area contributed by atoms with Crippen LogP contribution in [0.3, 0.4) is 0 Å². The summed E-state index contributed by atoms with van der Waals surface area (Å²) in [7, 11) is 0. The van der Waals surface area contributed by atoms with E-state index in [1.807, 2.05) is 30.3 Å². The molecule has 9 aromatic rings. The van der Waals surface area contributed by atoms with Crippen molar-refractivity contribution in [1.29, 1.82) is 0 Å². The summed E-state index contributed by atoms with van der Waals surface area (Å²) in [5, 5.41) is 4.52. The highest BCUT2D eigenvalue weighted by atomic mass is 16.3. The summed E-state index contributed by atoms with van der Waals surface area (Å²) in [5.74, 6) is 0. The Labute approximate surface area is 260 Å². The van der Waals surface area contributed by atoms with Crippen molar-refractivity contribution in [2.24, 2.45) is 0 Å². The molecule has 2 heterocycles. The predicted molar refractivity (Wildman–Crippen MR) is 187 cm³/mol. The van der Waals surface area contributed by atoms with E-state index in [2.05, 4.69) is 138 Å². The molecule has 9 rings (SSSR count). The van der Waals surface area contributed by atoms with Gasteiger partial charge in [0.25, 0.3) is 0 Å². The van der Waals surface area contributed by atoms with Crippen LogP contribution < -0.4 is 4.90 Å². The predicted octanol–water partition coefficient (Wildman–Crippen LogP) is 12.3. The fraction of sp³-hybridized carbons (Fsp3) is 0. The molecule has 7 aromatic carbocycles. The highest BCUT2D eigenvalue weighted by Crippen LogP contribution is 2.40. The highest BCUT2D eigenvalue weighted by Gasteiger charge is 2.16. The molecule has 3 heteroatoms. The molecule has 0 saturated heterocycles. The Kier molecular flexibility index (Phi) is 5.82. The SMILES string of the molecule is c1ccc(-c2ccc(N(c3ccc(-c4ccc5c(c4)oc4ccccc45)cc3)c3ccc4c(c3)oc3ccccc34)cc2)cc1. The third-order valence-corrected chi connectivity index (χ3v) is 8.69. The fourth-order valence-electron chi connectivity index (χ4n) is 6.44. The summed E-state index contributed by atoms with van der Waals surface area (Å²) in [6.45, 7) is 0. The normalized spacial score (nSPS) is 11.6. The van der Waals surface area contributed by atoms with E-state index in [9.17, 15) is 0 Å². The number of rotatable bonds is 5. The Morgan fingerprint density at radius 3 is 1.33 bits per heavy atom. The van der Waals surface area contributed by atoms with Crippen LogP contribution in [0, 0.1) is 0 Å². The summed E-state index contributed by atoms with van der Waals surface area (Å²) in [6.07, 6.45) is 0. The van der Waals surface area contributed by atoms with Crippen LogP contribution in [0.5, 0.6) is 0 Å². The smallest absolute Gasteiger partial charge is 0.137 e. The first-order chi connectivity index (χ1) is 22.3. The number of fused-ring (bicyclic) bond motifs is 6. The molecule has 212 valence electrons. The molecule has 0 unspecified atom stereocenters. The first-order valence-corrected chi connectivity index (χ1v) is 15.2. The minimum absolute atomic E-state index is 0.871. The van der Waals surface area contributed by atoms with Gasteiger partial charge in [0.1, 0.15) is 22.3 Å². The Balaban J connectivity index is 1.13. The summed E-state index contributed by atoms with van der Waals surface area (Å²) in [6, 6.07) is 57.3. The van der Waals surface area contributed by atoms with E-state index in [1.54, 1.807) is 0 Å². The average molecular weight is 578 g/mol. The van der Waals surface area contributed by atoms with Crippen LogP contribution in [0.2, 0.25) is 0 Å². The highest BCUT2D eigenvalue weighted by molar-refractivity contribution is 6.07. The lowest BCUT2D eigenvalue weighted by Gasteiger charge is -2.26. The average Bonchev–Trinajstić information content (AvgIpc) is 3.67. The minimum atomic E-state index is 0.871. The summed E-state index contributed by atoms with van der Waals surface area (Å²) >= 11 is 0. The van der Waals surface area contributed by atoms with Crippen molar-refractivity contribution in [2.45, 2.75) is 0 Å². The number of benzene rings is 7. The number of hydrogen-bond acceptors (Lipinski definition) is 3. The number of para-hydroxylation sites is 2. The fourth-order valence-corrected chi connectivity index (χ4v) is 6.44. The zero-order valence-electron chi connectivity index (χ0n) is 24.4. The van der Waals surface area contributed by atoms with Crippen molar-refractivity contribution < 1.29 is 8.83 Å². The second-order valence-electron chi connectivity index (χ2n) is 11.4. The Morgan fingerprint density at radius 2 is 0.711 bits per heavy atom. The van der Waals surface area contributed by atoms with E-state index >= 15 is 0 Å². The van der Waals surface area contributed by atoms with Crippen molar-refractivity contribution in [3.8, 4) is 22.3 Å². The topological polar surface area (TPSA) is 29.5 Å². The maximum absolute atomic E-state index is 6.29. The molecule has 0 radical (unpaired) electrons. The van der Waals surface area contributed by atoms with E-state index < -0.39 is 0 Å². The molecule has 0 atom stereocenters. The molecular weight excluding hydrogens is 550 g/mol. The van der Waals surface area contributed by atoms with Gasteiger partial charge in [0.05, 0.1) is 0 Å². The lowest BCUT2D eigenvalue weighted by atomic mass is 10.0. The van der Waals surface area contributed by atoms with Crippen molar-refractivity contribution in [3.05, 3.63) is 164 Å². The molecule has 0 N–H and O–H groups in total. The minimum Gasteiger partial charge on any atom is -0.456 e. The molecule has 45 heavy (non-hydrogen) atoms. The zero-order chi connectivity index (χ0) is 29.7. The second-order valence-corrected chi connectivity index (χ2v) is 11.4. The number of anilines is 3. The van der Waals surface area contributed by atoms with Gasteiger partial charge in [-0.1, -0.05) is 97.1 Å². The van der Waals surface area contributed by atoms with Gasteiger partial charge < -0.3 is 13.7 Å². The number of nitrogens with zero attached hydrogens (tertiary/aromatic N) is 1. The Hall–Kier alpha value is -6.06. The molecule has 0 aliphatic heterocycles. The summed E-state index contributed by atoms with van der Waals surface area (Å²) in [4.78, 5) is 2.29. The maximum atomic E-state index is 6.29. The van der Waals surface area contributed by atoms with Crippen LogP contribution in [-0.2, 0) is 0 Å². The van der Waals surface area contributed by atoms with E-state index in [-0.39, 0.29) is 0 Å². The lowest BCUT2D eigenvalue weighted by molar-refractivity contribution is 0.668. The maximum Gasteiger partial charge on any atom is 0.137 e. The van der Waals surface area contributed by atoms with E-state index in [4.69, 9.17) is 8.83 Å². The van der Waals surface area contributed by atoms with Crippen LogP contribution in [-0.4, -0.2) is 0 Å². The van der Waals surface area contributed by atoms with Crippen LogP contribution >= 0.6 is 0 Å². The van der Waals surface area contributed by atoms with E-state index in [0.717, 1.165) is 72.1 Å². The molecule has 2 aromatic heterocycles. The van der Waals surface area contributed by atoms with Crippen LogP contribution in [0.1, 0.15) is 0 Å². The van der Waals surface area contributed by atoms with Gasteiger partial charge in [0, 0.05) is 44.7 Å². The lowest BCUT2D eigenvalue weighted by Crippen LogP contribution is -2.09. The van der Waals surface area contributed by atoms with Gasteiger partial charge >= 0.3 is 0 Å². The third-order valence-electron chi connectivity index (χ3n) is 8.69. The quantitative estimate of drug-likeness (QED) is 0.204. The van der Waals surface area contributed by atoms with Crippen molar-refractivity contribution >= 4 is 60.9 Å². The van der Waals surface area contributed by atoms with Gasteiger partial charge in [-0.3, -0.25) is 0 Å². The molecule has 3 nitrogen and oxygen atoms in total. The van der Waals surface area contributed by atoms with Gasteiger partial charge in [0.15, 0.2) is 0 Å². The van der Waals surface area contributed by atoms with E-state index in [0.29, 0.717) is 0 Å². The molecule has 0 fully saturated rings. The molecule has 0 aliphatic rings. The van der Waals surface area contributed by atoms with Crippen molar-refractivity contribution in [1.82, 2.24) is 0 Å². The Morgan fingerprint density at radius 1 is 0.289 bits per heavy atom. The van der Waals surface area contributed by atoms with E-state index in [1.165, 1.54) is 11.1 Å². The first-order valence-electron chi connectivity index (χ1n) is 15.2. The zero-order valence-corrected chi connectivity index (χ0v) is 24.4. The molecule has 0 amide bonds. The van der Waals surface area contributed by atoms with Crippen molar-refractivity contribution in [2.75, 3.05) is 4.90 Å². The van der Waals surface area contributed by atoms with Gasteiger partial charge in [-0.15, -0.1) is 0 Å². The molecule has 0 aliphatic carbocycles. The van der Waals surface area contributed by atoms with Crippen molar-refractivity contribution in [3.63, 3.8) is 0 Å². The molecule has 0 bridgehead atoms. The van der Waals surface area contributed by atoms with Gasteiger partial charge in [-0.25, -0.2) is 0 Å². The third kappa shape index (κ3) is 4.37. The summed E-state index contributed by atoms with van der Waals surface area (Å²) < 4.78 is 12.5.